The first-order valence-corrected chi connectivity index (χ1v) is 14.0. The predicted molar refractivity (Wildman–Crippen MR) is 138 cm³/mol. The Morgan fingerprint density at radius 2 is 1.58 bits per heavy atom. The van der Waals surface area contributed by atoms with E-state index in [-0.39, 0.29) is 12.5 Å². The van der Waals surface area contributed by atoms with E-state index in [1.165, 1.54) is 23.4 Å². The number of amides is 1. The molecule has 0 aliphatic heterocycles. The molecule has 0 aliphatic rings. The van der Waals surface area contributed by atoms with Crippen molar-refractivity contribution in [1.82, 2.24) is 5.32 Å². The molecule has 0 aliphatic carbocycles. The molecule has 0 fully saturated rings. The van der Waals surface area contributed by atoms with Crippen LogP contribution in [0.15, 0.2) is 42.5 Å². The minimum absolute atomic E-state index is 0.0823. The summed E-state index contributed by atoms with van der Waals surface area (Å²) in [7, 11) is -3.48. The van der Waals surface area contributed by atoms with Gasteiger partial charge >= 0.3 is 0 Å². The Balaban J connectivity index is 2.19. The second kappa shape index (κ2) is 12.8. The van der Waals surface area contributed by atoms with Crippen LogP contribution in [0.1, 0.15) is 80.4 Å². The Labute approximate surface area is 200 Å². The van der Waals surface area contributed by atoms with E-state index < -0.39 is 10.0 Å². The van der Waals surface area contributed by atoms with Crippen LogP contribution in [0, 0.1) is 5.92 Å². The monoisotopic (exact) mass is 472 g/mol. The van der Waals surface area contributed by atoms with E-state index in [4.69, 9.17) is 0 Å². The minimum Gasteiger partial charge on any atom is -0.352 e. The normalized spacial score (nSPS) is 12.4. The molecule has 0 saturated carbocycles. The summed E-state index contributed by atoms with van der Waals surface area (Å²) >= 11 is 0. The van der Waals surface area contributed by atoms with Crippen LogP contribution in [-0.4, -0.2) is 27.1 Å². The maximum Gasteiger partial charge on any atom is 0.251 e. The van der Waals surface area contributed by atoms with Crippen LogP contribution < -0.4 is 9.62 Å². The molecule has 0 aromatic heterocycles. The molecule has 5 nitrogen and oxygen atoms in total. The lowest BCUT2D eigenvalue weighted by Gasteiger charge is -2.27. The van der Waals surface area contributed by atoms with Gasteiger partial charge in [0.2, 0.25) is 10.0 Å². The van der Waals surface area contributed by atoms with E-state index in [2.05, 4.69) is 19.2 Å². The van der Waals surface area contributed by atoms with Gasteiger partial charge in [-0.05, 0) is 54.0 Å². The summed E-state index contributed by atoms with van der Waals surface area (Å²) in [4.78, 5) is 12.6. The van der Waals surface area contributed by atoms with Crippen LogP contribution in [0.4, 0.5) is 5.69 Å². The molecule has 6 heteroatoms. The van der Waals surface area contributed by atoms with Crippen molar-refractivity contribution in [2.24, 2.45) is 5.92 Å². The van der Waals surface area contributed by atoms with Crippen molar-refractivity contribution in [2.45, 2.75) is 72.8 Å². The molecule has 182 valence electrons. The zero-order chi connectivity index (χ0) is 24.4. The number of aryl methyl sites for hydroxylation is 2. The lowest BCUT2D eigenvalue weighted by atomic mass is 9.99. The highest BCUT2D eigenvalue weighted by atomic mass is 32.2. The summed E-state index contributed by atoms with van der Waals surface area (Å²) in [5, 5.41) is 3.05. The molecule has 0 radical (unpaired) electrons. The molecule has 2 aromatic rings. The molecule has 1 atom stereocenters. The summed E-state index contributed by atoms with van der Waals surface area (Å²) in [5.41, 5.74) is 4.26. The van der Waals surface area contributed by atoms with Gasteiger partial charge in [0.1, 0.15) is 0 Å². The zero-order valence-electron chi connectivity index (χ0n) is 20.9. The number of carbonyl (C=O) groups excluding carboxylic acids is 1. The van der Waals surface area contributed by atoms with Gasteiger partial charge in [-0.1, -0.05) is 77.3 Å². The first-order valence-electron chi connectivity index (χ1n) is 12.2. The molecule has 0 heterocycles. The van der Waals surface area contributed by atoms with Gasteiger partial charge in [0, 0.05) is 12.1 Å². The molecule has 1 N–H and O–H groups in total. The van der Waals surface area contributed by atoms with Crippen molar-refractivity contribution in [1.29, 1.82) is 0 Å². The number of nitrogens with one attached hydrogen (secondary N) is 1. The smallest absolute Gasteiger partial charge is 0.251 e. The maximum absolute atomic E-state index is 12.8. The summed E-state index contributed by atoms with van der Waals surface area (Å²) in [5.74, 6) is 0.420. The lowest BCUT2D eigenvalue weighted by molar-refractivity contribution is 0.0946. The highest BCUT2D eigenvalue weighted by Gasteiger charge is 2.23. The number of unbranched alkanes of at least 4 members (excludes halogenated alkanes) is 1. The summed E-state index contributed by atoms with van der Waals surface area (Å²) in [6, 6.07) is 13.2. The number of nitrogens with zero attached hydrogens (tertiary/aromatic N) is 1. The van der Waals surface area contributed by atoms with Gasteiger partial charge in [-0.25, -0.2) is 8.42 Å². The summed E-state index contributed by atoms with van der Waals surface area (Å²) < 4.78 is 27.0. The Kier molecular flexibility index (Phi) is 10.4. The average Bonchev–Trinajstić information content (AvgIpc) is 2.81. The maximum atomic E-state index is 12.8. The molecule has 2 aromatic carbocycles. The van der Waals surface area contributed by atoms with E-state index in [0.717, 1.165) is 48.1 Å². The number of carbonyl (C=O) groups is 1. The topological polar surface area (TPSA) is 66.5 Å². The molecule has 1 amide bonds. The molecular weight excluding hydrogens is 432 g/mol. The van der Waals surface area contributed by atoms with Crippen LogP contribution in [0.25, 0.3) is 0 Å². The fraction of sp³-hybridized carbons (Fsp3) is 0.519. The average molecular weight is 473 g/mol. The molecule has 0 saturated heterocycles. The Hall–Kier alpha value is -2.34. The molecule has 0 spiro atoms. The van der Waals surface area contributed by atoms with E-state index >= 15 is 0 Å². The van der Waals surface area contributed by atoms with Crippen LogP contribution in [-0.2, 0) is 29.4 Å². The zero-order valence-corrected chi connectivity index (χ0v) is 21.7. The lowest BCUT2D eigenvalue weighted by Crippen LogP contribution is -2.31. The minimum atomic E-state index is -3.48. The Morgan fingerprint density at radius 1 is 0.970 bits per heavy atom. The van der Waals surface area contributed by atoms with E-state index in [1.54, 1.807) is 12.1 Å². The highest BCUT2D eigenvalue weighted by Crippen LogP contribution is 2.30. The molecule has 33 heavy (non-hydrogen) atoms. The van der Waals surface area contributed by atoms with Gasteiger partial charge < -0.3 is 5.32 Å². The van der Waals surface area contributed by atoms with Crippen molar-refractivity contribution < 1.29 is 13.2 Å². The second-order valence-electron chi connectivity index (χ2n) is 8.73. The number of sulfonamides is 1. The Morgan fingerprint density at radius 3 is 2.06 bits per heavy atom. The summed E-state index contributed by atoms with van der Waals surface area (Å²) in [6.07, 6.45) is 7.30. The molecule has 0 bridgehead atoms. The SMILES string of the molecule is CCCC[C@H](CC)CNC(=O)c1ccc(CN(c2c(CC)cccc2CC)S(C)(=O)=O)cc1. The van der Waals surface area contributed by atoms with Crippen LogP contribution in [0.5, 0.6) is 0 Å². The number of para-hydroxylation sites is 1. The van der Waals surface area contributed by atoms with Crippen molar-refractivity contribution in [3.63, 3.8) is 0 Å². The molecule has 0 unspecified atom stereocenters. The molecular formula is C27H40N2O3S. The third-order valence-corrected chi connectivity index (χ3v) is 7.36. The summed E-state index contributed by atoms with van der Waals surface area (Å²) in [6.45, 7) is 9.35. The third kappa shape index (κ3) is 7.60. The fourth-order valence-electron chi connectivity index (χ4n) is 4.11. The Bertz CT molecular complexity index is 978. The number of hydrogen-bond acceptors (Lipinski definition) is 3. The van der Waals surface area contributed by atoms with Gasteiger partial charge in [0.05, 0.1) is 18.5 Å². The third-order valence-electron chi connectivity index (χ3n) is 6.25. The first-order chi connectivity index (χ1) is 15.7. The standard InChI is InChI=1S/C27H40N2O3S/c1-6-10-12-21(7-2)19-28-27(30)25-17-15-22(16-18-25)20-29(33(5,31)32)26-23(8-3)13-11-14-24(26)9-4/h11,13-18,21H,6-10,12,19-20H2,1-5H3,(H,28,30)/t21-/m0/s1. The van der Waals surface area contributed by atoms with E-state index in [1.807, 2.05) is 44.2 Å². The van der Waals surface area contributed by atoms with Crippen molar-refractivity contribution in [3.05, 3.63) is 64.7 Å². The van der Waals surface area contributed by atoms with E-state index in [0.29, 0.717) is 18.0 Å². The number of benzene rings is 2. The van der Waals surface area contributed by atoms with Crippen molar-refractivity contribution in [3.8, 4) is 0 Å². The van der Waals surface area contributed by atoms with Gasteiger partial charge in [0.15, 0.2) is 0 Å². The molecule has 2 rings (SSSR count). The van der Waals surface area contributed by atoms with Gasteiger partial charge in [-0.2, -0.15) is 0 Å². The van der Waals surface area contributed by atoms with Gasteiger partial charge in [-0.15, -0.1) is 0 Å². The predicted octanol–water partition coefficient (Wildman–Crippen LogP) is 5.72. The van der Waals surface area contributed by atoms with Gasteiger partial charge in [0.25, 0.3) is 5.91 Å². The van der Waals surface area contributed by atoms with Crippen LogP contribution in [0.2, 0.25) is 0 Å². The van der Waals surface area contributed by atoms with Crippen molar-refractivity contribution in [2.75, 3.05) is 17.1 Å². The largest absolute Gasteiger partial charge is 0.352 e. The quantitative estimate of drug-likeness (QED) is 0.405. The fourth-order valence-corrected chi connectivity index (χ4v) is 5.06. The van der Waals surface area contributed by atoms with Crippen LogP contribution in [0.3, 0.4) is 0 Å². The number of rotatable bonds is 13. The van der Waals surface area contributed by atoms with Gasteiger partial charge in [-0.3, -0.25) is 9.10 Å². The van der Waals surface area contributed by atoms with E-state index in [9.17, 15) is 13.2 Å². The highest BCUT2D eigenvalue weighted by molar-refractivity contribution is 7.92. The van der Waals surface area contributed by atoms with Crippen LogP contribution >= 0.6 is 0 Å². The second-order valence-corrected chi connectivity index (χ2v) is 10.6. The number of hydrogen-bond donors (Lipinski definition) is 1. The first kappa shape index (κ1) is 26.9. The van der Waals surface area contributed by atoms with Crippen molar-refractivity contribution >= 4 is 21.6 Å². The number of anilines is 1.